The monoisotopic (exact) mass is 334 g/mol. The van der Waals surface area contributed by atoms with Crippen LogP contribution in [-0.4, -0.2) is 12.6 Å². The molecule has 1 aliphatic rings. The van der Waals surface area contributed by atoms with Crippen molar-refractivity contribution < 1.29 is 9.53 Å². The number of unbranched alkanes of at least 4 members (excludes halogenated alkanes) is 1. The Kier molecular flexibility index (Phi) is 5.70. The summed E-state index contributed by atoms with van der Waals surface area (Å²) in [5, 5.41) is 0. The number of hydrogen-bond acceptors (Lipinski definition) is 2. The van der Waals surface area contributed by atoms with Crippen LogP contribution in [0.3, 0.4) is 0 Å². The first-order valence-electron chi connectivity index (χ1n) is 9.32. The number of ether oxygens (including phenoxy) is 1. The van der Waals surface area contributed by atoms with Gasteiger partial charge in [0, 0.05) is 6.08 Å². The van der Waals surface area contributed by atoms with Gasteiger partial charge >= 0.3 is 5.97 Å². The molecule has 0 N–H and O–H groups in total. The van der Waals surface area contributed by atoms with Crippen LogP contribution >= 0.6 is 0 Å². The minimum Gasteiger partial charge on any atom is -0.462 e. The average molecular weight is 334 g/mol. The molecule has 0 amide bonds. The Morgan fingerprint density at radius 1 is 0.960 bits per heavy atom. The molecule has 2 aromatic carbocycles. The first-order valence-corrected chi connectivity index (χ1v) is 9.32. The fourth-order valence-corrected chi connectivity index (χ4v) is 3.46. The van der Waals surface area contributed by atoms with Gasteiger partial charge in [-0.1, -0.05) is 81.6 Å². The van der Waals surface area contributed by atoms with Gasteiger partial charge in [0.2, 0.25) is 0 Å². The van der Waals surface area contributed by atoms with Gasteiger partial charge in [-0.2, -0.15) is 0 Å². The molecule has 1 aliphatic carbocycles. The van der Waals surface area contributed by atoms with Crippen LogP contribution in [0.25, 0.3) is 16.7 Å². The highest BCUT2D eigenvalue weighted by molar-refractivity contribution is 6.06. The Labute approximate surface area is 150 Å². The van der Waals surface area contributed by atoms with Crippen LogP contribution in [0.15, 0.2) is 54.6 Å². The molecule has 2 nitrogen and oxygen atoms in total. The summed E-state index contributed by atoms with van der Waals surface area (Å²) in [6, 6.07) is 16.5. The van der Waals surface area contributed by atoms with E-state index in [1.807, 2.05) is 24.3 Å². The quantitative estimate of drug-likeness (QED) is 0.400. The minimum absolute atomic E-state index is 0.239. The lowest BCUT2D eigenvalue weighted by Gasteiger charge is -2.14. The van der Waals surface area contributed by atoms with Crippen molar-refractivity contribution in [1.82, 2.24) is 0 Å². The van der Waals surface area contributed by atoms with Gasteiger partial charge in [0.15, 0.2) is 0 Å². The molecule has 25 heavy (non-hydrogen) atoms. The second-order valence-corrected chi connectivity index (χ2v) is 6.70. The van der Waals surface area contributed by atoms with Gasteiger partial charge in [-0.25, -0.2) is 4.79 Å². The maximum absolute atomic E-state index is 12.4. The fraction of sp³-hybridized carbons (Fsp3) is 0.348. The van der Waals surface area contributed by atoms with E-state index in [1.54, 1.807) is 6.08 Å². The molecule has 0 heterocycles. The zero-order valence-electron chi connectivity index (χ0n) is 15.1. The predicted molar refractivity (Wildman–Crippen MR) is 103 cm³/mol. The molecule has 0 bridgehead atoms. The SMILES string of the molecule is CCCCC(CC)COC(=O)C=C1c2ccccc2-c2ccccc21. The first kappa shape index (κ1) is 17.5. The molecule has 0 spiro atoms. The van der Waals surface area contributed by atoms with Crippen molar-refractivity contribution in [3.8, 4) is 11.1 Å². The van der Waals surface area contributed by atoms with E-state index in [1.165, 1.54) is 24.0 Å². The first-order chi connectivity index (χ1) is 12.2. The summed E-state index contributed by atoms with van der Waals surface area (Å²) in [5.41, 5.74) is 5.56. The van der Waals surface area contributed by atoms with Crippen molar-refractivity contribution in [3.05, 3.63) is 65.7 Å². The maximum Gasteiger partial charge on any atom is 0.331 e. The topological polar surface area (TPSA) is 26.3 Å². The van der Waals surface area contributed by atoms with Crippen molar-refractivity contribution in [3.63, 3.8) is 0 Å². The second-order valence-electron chi connectivity index (χ2n) is 6.70. The highest BCUT2D eigenvalue weighted by Crippen LogP contribution is 2.43. The molecule has 1 atom stereocenters. The van der Waals surface area contributed by atoms with Gasteiger partial charge in [0.25, 0.3) is 0 Å². The minimum atomic E-state index is -0.239. The van der Waals surface area contributed by atoms with E-state index in [-0.39, 0.29) is 5.97 Å². The van der Waals surface area contributed by atoms with Crippen molar-refractivity contribution in [1.29, 1.82) is 0 Å². The molecule has 0 radical (unpaired) electrons. The molecule has 0 aromatic heterocycles. The number of benzene rings is 2. The molecule has 0 fully saturated rings. The lowest BCUT2D eigenvalue weighted by molar-refractivity contribution is -0.139. The Morgan fingerprint density at radius 2 is 1.52 bits per heavy atom. The van der Waals surface area contributed by atoms with Crippen molar-refractivity contribution in [2.45, 2.75) is 39.5 Å². The summed E-state index contributed by atoms with van der Waals surface area (Å²) in [7, 11) is 0. The number of fused-ring (bicyclic) bond motifs is 3. The number of carbonyl (C=O) groups is 1. The summed E-state index contributed by atoms with van der Waals surface area (Å²) in [6.45, 7) is 4.87. The lowest BCUT2D eigenvalue weighted by atomic mass is 10.0. The normalized spacial score (nSPS) is 13.1. The van der Waals surface area contributed by atoms with Gasteiger partial charge < -0.3 is 4.74 Å². The smallest absolute Gasteiger partial charge is 0.331 e. The van der Waals surface area contributed by atoms with Crippen molar-refractivity contribution in [2.24, 2.45) is 5.92 Å². The number of carbonyl (C=O) groups excluding carboxylic acids is 1. The number of rotatable bonds is 7. The third kappa shape index (κ3) is 3.84. The Bertz CT molecular complexity index is 726. The molecule has 0 saturated carbocycles. The van der Waals surface area contributed by atoms with Crippen LogP contribution in [0.4, 0.5) is 0 Å². The van der Waals surface area contributed by atoms with E-state index in [2.05, 4.69) is 38.1 Å². The fourth-order valence-electron chi connectivity index (χ4n) is 3.46. The molecule has 1 unspecified atom stereocenters. The van der Waals surface area contributed by atoms with Crippen LogP contribution in [-0.2, 0) is 9.53 Å². The van der Waals surface area contributed by atoms with Gasteiger partial charge in [0.1, 0.15) is 0 Å². The van der Waals surface area contributed by atoms with Crippen LogP contribution in [0, 0.1) is 5.92 Å². The molecule has 2 aromatic rings. The van der Waals surface area contributed by atoms with Crippen LogP contribution < -0.4 is 0 Å². The maximum atomic E-state index is 12.4. The van der Waals surface area contributed by atoms with Crippen LogP contribution in [0.2, 0.25) is 0 Å². The molecular formula is C23H26O2. The lowest BCUT2D eigenvalue weighted by Crippen LogP contribution is -2.12. The zero-order chi connectivity index (χ0) is 17.6. The highest BCUT2D eigenvalue weighted by Gasteiger charge is 2.23. The third-order valence-electron chi connectivity index (χ3n) is 4.99. The largest absolute Gasteiger partial charge is 0.462 e. The van der Waals surface area contributed by atoms with E-state index in [9.17, 15) is 4.79 Å². The van der Waals surface area contributed by atoms with E-state index in [4.69, 9.17) is 4.74 Å². The molecule has 2 heteroatoms. The predicted octanol–water partition coefficient (Wildman–Crippen LogP) is 5.86. The van der Waals surface area contributed by atoms with Crippen LogP contribution in [0.5, 0.6) is 0 Å². The molecule has 0 saturated heterocycles. The summed E-state index contributed by atoms with van der Waals surface area (Å²) in [4.78, 5) is 12.4. The molecule has 130 valence electrons. The van der Waals surface area contributed by atoms with E-state index in [0.29, 0.717) is 12.5 Å². The molecule has 0 aliphatic heterocycles. The molecular weight excluding hydrogens is 308 g/mol. The van der Waals surface area contributed by atoms with E-state index in [0.717, 1.165) is 29.5 Å². The number of hydrogen-bond donors (Lipinski definition) is 0. The van der Waals surface area contributed by atoms with E-state index >= 15 is 0 Å². The zero-order valence-corrected chi connectivity index (χ0v) is 15.1. The highest BCUT2D eigenvalue weighted by atomic mass is 16.5. The third-order valence-corrected chi connectivity index (χ3v) is 4.99. The van der Waals surface area contributed by atoms with E-state index < -0.39 is 0 Å². The van der Waals surface area contributed by atoms with Gasteiger partial charge in [-0.3, -0.25) is 0 Å². The van der Waals surface area contributed by atoms with Gasteiger partial charge in [0.05, 0.1) is 6.61 Å². The number of esters is 1. The Morgan fingerprint density at radius 3 is 2.04 bits per heavy atom. The standard InChI is InChI=1S/C23H26O2/c1-3-5-10-17(4-2)16-25-23(24)15-22-20-13-8-6-11-18(20)19-12-7-9-14-21(19)22/h6-9,11-15,17H,3-5,10,16H2,1-2H3. The molecule has 3 rings (SSSR count). The van der Waals surface area contributed by atoms with Crippen LogP contribution in [0.1, 0.15) is 50.7 Å². The van der Waals surface area contributed by atoms with Gasteiger partial charge in [-0.05, 0) is 40.2 Å². The van der Waals surface area contributed by atoms with Crippen molar-refractivity contribution in [2.75, 3.05) is 6.61 Å². The summed E-state index contributed by atoms with van der Waals surface area (Å²) >= 11 is 0. The van der Waals surface area contributed by atoms with Crippen molar-refractivity contribution >= 4 is 11.5 Å². The Hall–Kier alpha value is -2.35. The summed E-state index contributed by atoms with van der Waals surface area (Å²) in [5.74, 6) is 0.224. The summed E-state index contributed by atoms with van der Waals surface area (Å²) < 4.78 is 5.57. The van der Waals surface area contributed by atoms with Gasteiger partial charge in [-0.15, -0.1) is 0 Å². The average Bonchev–Trinajstić information content (AvgIpc) is 2.96. The Balaban J connectivity index is 1.78. The second kappa shape index (κ2) is 8.15. The summed E-state index contributed by atoms with van der Waals surface area (Å²) in [6.07, 6.45) is 6.22.